The Labute approximate surface area is 138 Å². The highest BCUT2D eigenvalue weighted by Gasteiger charge is 2.11. The van der Waals surface area contributed by atoms with Crippen LogP contribution in [0.4, 0.5) is 0 Å². The molecule has 0 bridgehead atoms. The van der Waals surface area contributed by atoms with Gasteiger partial charge in [0.2, 0.25) is 0 Å². The minimum Gasteiger partial charge on any atom is -0.248 e. The van der Waals surface area contributed by atoms with E-state index in [4.69, 9.17) is 23.2 Å². The molecule has 110 valence electrons. The monoisotopic (exact) mass is 329 g/mol. The van der Waals surface area contributed by atoms with Crippen LogP contribution in [0.1, 0.15) is 11.1 Å². The van der Waals surface area contributed by atoms with Crippen LogP contribution >= 0.6 is 23.2 Å². The molecule has 3 aromatic rings. The zero-order valence-corrected chi connectivity index (χ0v) is 13.2. The van der Waals surface area contributed by atoms with Gasteiger partial charge in [0.15, 0.2) is 0 Å². The zero-order valence-electron chi connectivity index (χ0n) is 11.7. The SMILES string of the molecule is Cl/C(=C(\Cn1cncn1)c1cccc(Cl)c1)c1ccccc1. The van der Waals surface area contributed by atoms with E-state index < -0.39 is 0 Å². The summed E-state index contributed by atoms with van der Waals surface area (Å²) in [4.78, 5) is 3.98. The zero-order chi connectivity index (χ0) is 15.4. The van der Waals surface area contributed by atoms with Gasteiger partial charge in [-0.05, 0) is 23.3 Å². The number of hydrogen-bond acceptors (Lipinski definition) is 2. The molecule has 3 rings (SSSR count). The highest BCUT2D eigenvalue weighted by molar-refractivity contribution is 6.52. The molecule has 3 nitrogen and oxygen atoms in total. The molecule has 22 heavy (non-hydrogen) atoms. The second kappa shape index (κ2) is 6.77. The maximum absolute atomic E-state index is 6.65. The molecule has 1 heterocycles. The van der Waals surface area contributed by atoms with Crippen molar-refractivity contribution in [3.05, 3.63) is 83.4 Å². The first-order valence-electron chi connectivity index (χ1n) is 6.76. The van der Waals surface area contributed by atoms with E-state index >= 15 is 0 Å². The van der Waals surface area contributed by atoms with Gasteiger partial charge in [0, 0.05) is 10.6 Å². The fraction of sp³-hybridized carbons (Fsp3) is 0.0588. The van der Waals surface area contributed by atoms with Gasteiger partial charge in [-0.25, -0.2) is 9.67 Å². The van der Waals surface area contributed by atoms with Crippen molar-refractivity contribution in [3.63, 3.8) is 0 Å². The van der Waals surface area contributed by atoms with E-state index in [1.165, 1.54) is 6.33 Å². The Hall–Kier alpha value is -2.10. The van der Waals surface area contributed by atoms with Crippen LogP contribution in [0.2, 0.25) is 5.02 Å². The average molecular weight is 330 g/mol. The molecule has 0 saturated heterocycles. The molecule has 0 aliphatic rings. The summed E-state index contributed by atoms with van der Waals surface area (Å²) in [7, 11) is 0. The Kier molecular flexibility index (Phi) is 4.56. The molecule has 2 aromatic carbocycles. The molecule has 0 spiro atoms. The minimum absolute atomic E-state index is 0.522. The number of hydrogen-bond donors (Lipinski definition) is 0. The molecule has 0 amide bonds. The Bertz CT molecular complexity index is 781. The summed E-state index contributed by atoms with van der Waals surface area (Å²) < 4.78 is 1.74. The highest BCUT2D eigenvalue weighted by atomic mass is 35.5. The van der Waals surface area contributed by atoms with E-state index in [9.17, 15) is 0 Å². The second-order valence-electron chi connectivity index (χ2n) is 4.76. The number of allylic oxidation sites excluding steroid dienone is 1. The molecule has 1 aromatic heterocycles. The summed E-state index contributed by atoms with van der Waals surface area (Å²) in [5.74, 6) is 0. The number of halogens is 2. The maximum atomic E-state index is 6.65. The van der Waals surface area contributed by atoms with Crippen LogP contribution in [0, 0.1) is 0 Å². The second-order valence-corrected chi connectivity index (χ2v) is 5.58. The third-order valence-electron chi connectivity index (χ3n) is 3.25. The topological polar surface area (TPSA) is 30.7 Å². The van der Waals surface area contributed by atoms with E-state index in [0.29, 0.717) is 16.6 Å². The van der Waals surface area contributed by atoms with E-state index in [0.717, 1.165) is 16.7 Å². The summed E-state index contributed by atoms with van der Waals surface area (Å²) >= 11 is 12.8. The lowest BCUT2D eigenvalue weighted by molar-refractivity contribution is 0.711. The van der Waals surface area contributed by atoms with E-state index in [1.54, 1.807) is 11.0 Å². The minimum atomic E-state index is 0.522. The number of nitrogens with zero attached hydrogens (tertiary/aromatic N) is 3. The van der Waals surface area contributed by atoms with Gasteiger partial charge in [0.25, 0.3) is 0 Å². The summed E-state index contributed by atoms with van der Waals surface area (Å²) in [6.07, 6.45) is 3.17. The molecular formula is C17H13Cl2N3. The number of rotatable bonds is 4. The quantitative estimate of drug-likeness (QED) is 0.647. The van der Waals surface area contributed by atoms with Crippen molar-refractivity contribution in [3.8, 4) is 0 Å². The maximum Gasteiger partial charge on any atom is 0.137 e. The third kappa shape index (κ3) is 3.38. The van der Waals surface area contributed by atoms with Crippen molar-refractivity contribution in [2.45, 2.75) is 6.54 Å². The fourth-order valence-electron chi connectivity index (χ4n) is 2.20. The third-order valence-corrected chi connectivity index (χ3v) is 3.93. The number of benzene rings is 2. The van der Waals surface area contributed by atoms with Gasteiger partial charge >= 0.3 is 0 Å². The van der Waals surface area contributed by atoms with Gasteiger partial charge < -0.3 is 0 Å². The van der Waals surface area contributed by atoms with Crippen LogP contribution < -0.4 is 0 Å². The Morgan fingerprint density at radius 2 is 1.77 bits per heavy atom. The molecule has 0 radical (unpaired) electrons. The molecular weight excluding hydrogens is 317 g/mol. The van der Waals surface area contributed by atoms with Crippen LogP contribution in [0.3, 0.4) is 0 Å². The Balaban J connectivity index is 2.10. The van der Waals surface area contributed by atoms with Gasteiger partial charge in [0.05, 0.1) is 11.6 Å². The van der Waals surface area contributed by atoms with Crippen LogP contribution in [0.15, 0.2) is 67.3 Å². The van der Waals surface area contributed by atoms with Crippen molar-refractivity contribution < 1.29 is 0 Å². The summed E-state index contributed by atoms with van der Waals surface area (Å²) in [5, 5.41) is 5.51. The molecule has 0 N–H and O–H groups in total. The molecule has 0 atom stereocenters. The van der Waals surface area contributed by atoms with Crippen LogP contribution in [-0.2, 0) is 6.54 Å². The van der Waals surface area contributed by atoms with Crippen molar-refractivity contribution in [2.24, 2.45) is 0 Å². The highest BCUT2D eigenvalue weighted by Crippen LogP contribution is 2.31. The Morgan fingerprint density at radius 3 is 2.45 bits per heavy atom. The molecule has 0 aliphatic heterocycles. The van der Waals surface area contributed by atoms with Crippen LogP contribution in [-0.4, -0.2) is 14.8 Å². The van der Waals surface area contributed by atoms with Crippen molar-refractivity contribution in [1.82, 2.24) is 14.8 Å². The van der Waals surface area contributed by atoms with Crippen molar-refractivity contribution >= 4 is 33.8 Å². The summed E-state index contributed by atoms with van der Waals surface area (Å²) in [6, 6.07) is 17.5. The predicted octanol–water partition coefficient (Wildman–Crippen LogP) is 4.74. The Morgan fingerprint density at radius 1 is 1.00 bits per heavy atom. The van der Waals surface area contributed by atoms with Gasteiger partial charge in [-0.15, -0.1) is 0 Å². The standard InChI is InChI=1S/C17H13Cl2N3/c18-15-8-4-7-14(9-15)16(10-22-12-20-11-21-22)17(19)13-5-2-1-3-6-13/h1-9,11-12H,10H2/b17-16+. The first kappa shape index (κ1) is 14.8. The number of aromatic nitrogens is 3. The molecule has 0 aliphatic carbocycles. The lowest BCUT2D eigenvalue weighted by Gasteiger charge is -2.12. The lowest BCUT2D eigenvalue weighted by Crippen LogP contribution is -2.02. The first-order chi connectivity index (χ1) is 10.7. The molecule has 5 heteroatoms. The van der Waals surface area contributed by atoms with Crippen molar-refractivity contribution in [2.75, 3.05) is 0 Å². The van der Waals surface area contributed by atoms with Gasteiger partial charge in [-0.3, -0.25) is 0 Å². The molecule has 0 unspecified atom stereocenters. The van der Waals surface area contributed by atoms with E-state index in [2.05, 4.69) is 10.1 Å². The smallest absolute Gasteiger partial charge is 0.137 e. The van der Waals surface area contributed by atoms with Gasteiger partial charge in [-0.2, -0.15) is 5.10 Å². The largest absolute Gasteiger partial charge is 0.248 e. The van der Waals surface area contributed by atoms with Gasteiger partial charge in [0.1, 0.15) is 12.7 Å². The molecule has 0 fully saturated rings. The normalized spacial score (nSPS) is 12.1. The van der Waals surface area contributed by atoms with Crippen LogP contribution in [0.25, 0.3) is 10.6 Å². The van der Waals surface area contributed by atoms with Crippen LogP contribution in [0.5, 0.6) is 0 Å². The fourth-order valence-corrected chi connectivity index (χ4v) is 2.68. The average Bonchev–Trinajstić information content (AvgIpc) is 3.06. The first-order valence-corrected chi connectivity index (χ1v) is 7.52. The summed E-state index contributed by atoms with van der Waals surface area (Å²) in [5.41, 5.74) is 2.87. The van der Waals surface area contributed by atoms with E-state index in [1.807, 2.05) is 54.6 Å². The van der Waals surface area contributed by atoms with Gasteiger partial charge in [-0.1, -0.05) is 65.7 Å². The van der Waals surface area contributed by atoms with Crippen molar-refractivity contribution in [1.29, 1.82) is 0 Å². The lowest BCUT2D eigenvalue weighted by atomic mass is 10.0. The molecule has 0 saturated carbocycles. The summed E-state index contributed by atoms with van der Waals surface area (Å²) in [6.45, 7) is 0.522. The predicted molar refractivity (Wildman–Crippen MR) is 90.6 cm³/mol. The van der Waals surface area contributed by atoms with E-state index in [-0.39, 0.29) is 0 Å².